The monoisotopic (exact) mass is 386 g/mol. The number of anilines is 1. The molecule has 1 aromatic carbocycles. The Balaban J connectivity index is 0.00000176. The van der Waals surface area contributed by atoms with Crippen molar-refractivity contribution in [2.75, 3.05) is 5.32 Å². The Bertz CT molecular complexity index is 850. The van der Waals surface area contributed by atoms with Crippen LogP contribution in [0.25, 0.3) is 10.1 Å². The van der Waals surface area contributed by atoms with Crippen molar-refractivity contribution in [2.45, 2.75) is 33.6 Å². The van der Waals surface area contributed by atoms with Gasteiger partial charge < -0.3 is 5.32 Å². The van der Waals surface area contributed by atoms with Crippen molar-refractivity contribution in [2.24, 2.45) is 0 Å². The zero-order valence-electron chi connectivity index (χ0n) is 15.9. The number of benzene rings is 1. The van der Waals surface area contributed by atoms with E-state index in [0.717, 1.165) is 15.7 Å². The summed E-state index contributed by atoms with van der Waals surface area (Å²) in [6.45, 7) is 9.60. The molecule has 0 aliphatic rings. The number of rotatable bonds is 7. The number of nitrogens with one attached hydrogen (secondary N) is 2. The number of amides is 2. The second-order valence-corrected chi connectivity index (χ2v) is 6.41. The minimum atomic E-state index is -0.544. The highest BCUT2D eigenvalue weighted by molar-refractivity contribution is 7.20. The Morgan fingerprint density at radius 1 is 1.22 bits per heavy atom. The molecule has 0 saturated heterocycles. The molecular weight excluding hydrogens is 360 g/mol. The van der Waals surface area contributed by atoms with E-state index in [4.69, 9.17) is 5.21 Å². The number of fused-ring (bicyclic) bond motifs is 1. The normalized spacial score (nSPS) is 11.0. The second kappa shape index (κ2) is 11.8. The third-order valence-electron chi connectivity index (χ3n) is 3.48. The standard InChI is InChI=1S/C19H20N2O3S.C2H6/c1-3-5-13(6-4-2)7-10-18(22)20-15-8-9-16-14(11-15)12-17(25-16)19(23)21-24;1-2/h3-6,8-9,11-12,24H,1,7,10H2,2H3,(H,20,22)(H,21,23);1-2H3/b6-4-,13-5+;. The number of hydrogen-bond donors (Lipinski definition) is 3. The number of hydroxylamine groups is 1. The molecule has 6 heteroatoms. The van der Waals surface area contributed by atoms with E-state index in [0.29, 0.717) is 23.4 Å². The molecule has 2 aromatic rings. The van der Waals surface area contributed by atoms with Crippen LogP contribution in [0.3, 0.4) is 0 Å². The van der Waals surface area contributed by atoms with E-state index in [2.05, 4.69) is 11.9 Å². The molecule has 3 N–H and O–H groups in total. The van der Waals surface area contributed by atoms with Crippen LogP contribution < -0.4 is 10.8 Å². The quantitative estimate of drug-likeness (QED) is 0.336. The highest BCUT2D eigenvalue weighted by Gasteiger charge is 2.10. The van der Waals surface area contributed by atoms with Crippen LogP contribution in [0, 0.1) is 0 Å². The van der Waals surface area contributed by atoms with Crippen molar-refractivity contribution in [3.8, 4) is 0 Å². The first kappa shape index (κ1) is 22.3. The number of carbonyl (C=O) groups excluding carboxylic acids is 2. The van der Waals surface area contributed by atoms with Crippen molar-refractivity contribution in [3.05, 3.63) is 65.6 Å². The maximum atomic E-state index is 12.1. The van der Waals surface area contributed by atoms with Gasteiger partial charge in [-0.2, -0.15) is 0 Å². The molecule has 0 atom stereocenters. The Kier molecular flexibility index (Phi) is 9.79. The van der Waals surface area contributed by atoms with Crippen molar-refractivity contribution < 1.29 is 14.8 Å². The Morgan fingerprint density at radius 3 is 2.59 bits per heavy atom. The number of hydrogen-bond acceptors (Lipinski definition) is 4. The molecule has 5 nitrogen and oxygen atoms in total. The van der Waals surface area contributed by atoms with Crippen LogP contribution >= 0.6 is 11.3 Å². The zero-order chi connectivity index (χ0) is 20.2. The maximum absolute atomic E-state index is 12.1. The second-order valence-electron chi connectivity index (χ2n) is 5.33. The highest BCUT2D eigenvalue weighted by atomic mass is 32.1. The molecule has 0 unspecified atom stereocenters. The number of allylic oxidation sites excluding steroid dienone is 5. The average molecular weight is 387 g/mol. The largest absolute Gasteiger partial charge is 0.326 e. The summed E-state index contributed by atoms with van der Waals surface area (Å²) in [7, 11) is 0. The van der Waals surface area contributed by atoms with Gasteiger partial charge in [0, 0.05) is 16.8 Å². The topological polar surface area (TPSA) is 78.4 Å². The highest BCUT2D eigenvalue weighted by Crippen LogP contribution is 2.28. The van der Waals surface area contributed by atoms with Gasteiger partial charge in [-0.25, -0.2) is 5.48 Å². The molecule has 0 bridgehead atoms. The van der Waals surface area contributed by atoms with Gasteiger partial charge in [0.2, 0.25) is 5.91 Å². The van der Waals surface area contributed by atoms with Crippen LogP contribution in [0.1, 0.15) is 43.3 Å². The molecule has 2 rings (SSSR count). The van der Waals surface area contributed by atoms with E-state index in [1.807, 2.05) is 51.1 Å². The first-order valence-electron chi connectivity index (χ1n) is 8.79. The summed E-state index contributed by atoms with van der Waals surface area (Å²) in [6, 6.07) is 7.12. The molecule has 144 valence electrons. The van der Waals surface area contributed by atoms with Crippen LogP contribution in [0.5, 0.6) is 0 Å². The Morgan fingerprint density at radius 2 is 1.96 bits per heavy atom. The lowest BCUT2D eigenvalue weighted by Crippen LogP contribution is -2.16. The van der Waals surface area contributed by atoms with Gasteiger partial charge in [-0.05, 0) is 48.6 Å². The van der Waals surface area contributed by atoms with Gasteiger partial charge in [-0.3, -0.25) is 14.8 Å². The van der Waals surface area contributed by atoms with Crippen molar-refractivity contribution >= 4 is 38.9 Å². The maximum Gasteiger partial charge on any atom is 0.284 e. The van der Waals surface area contributed by atoms with E-state index in [9.17, 15) is 9.59 Å². The summed E-state index contributed by atoms with van der Waals surface area (Å²) in [6.07, 6.45) is 8.47. The third kappa shape index (κ3) is 6.84. The predicted octanol–water partition coefficient (Wildman–Crippen LogP) is 5.45. The van der Waals surface area contributed by atoms with Gasteiger partial charge in [0.05, 0.1) is 4.88 Å². The van der Waals surface area contributed by atoms with Crippen LogP contribution in [0.15, 0.2) is 60.7 Å². The van der Waals surface area contributed by atoms with Gasteiger partial charge in [0.25, 0.3) is 5.91 Å². The van der Waals surface area contributed by atoms with Crippen LogP contribution in [-0.2, 0) is 4.79 Å². The van der Waals surface area contributed by atoms with E-state index in [1.165, 1.54) is 11.3 Å². The number of carbonyl (C=O) groups is 2. The van der Waals surface area contributed by atoms with E-state index in [-0.39, 0.29) is 5.91 Å². The summed E-state index contributed by atoms with van der Waals surface area (Å²) in [4.78, 5) is 24.0. The lowest BCUT2D eigenvalue weighted by atomic mass is 10.1. The first-order chi connectivity index (χ1) is 13.1. The average Bonchev–Trinajstić information content (AvgIpc) is 3.11. The predicted molar refractivity (Wildman–Crippen MR) is 113 cm³/mol. The van der Waals surface area contributed by atoms with Crippen molar-refractivity contribution in [1.29, 1.82) is 0 Å². The van der Waals surface area contributed by atoms with E-state index in [1.54, 1.807) is 23.7 Å². The van der Waals surface area contributed by atoms with Crippen LogP contribution in [0.2, 0.25) is 0 Å². The van der Waals surface area contributed by atoms with E-state index >= 15 is 0 Å². The fourth-order valence-corrected chi connectivity index (χ4v) is 3.29. The minimum absolute atomic E-state index is 0.0811. The molecule has 0 spiro atoms. The molecule has 2 amide bonds. The molecule has 0 aliphatic carbocycles. The van der Waals surface area contributed by atoms with Gasteiger partial charge in [-0.15, -0.1) is 11.3 Å². The fourth-order valence-electron chi connectivity index (χ4n) is 2.36. The lowest BCUT2D eigenvalue weighted by Gasteiger charge is -2.06. The van der Waals surface area contributed by atoms with Crippen LogP contribution in [-0.4, -0.2) is 17.0 Å². The van der Waals surface area contributed by atoms with E-state index < -0.39 is 5.91 Å². The number of thiophene rings is 1. The van der Waals surface area contributed by atoms with Crippen molar-refractivity contribution in [1.82, 2.24) is 5.48 Å². The van der Waals surface area contributed by atoms with Gasteiger partial charge in [-0.1, -0.05) is 44.7 Å². The lowest BCUT2D eigenvalue weighted by molar-refractivity contribution is -0.116. The molecule has 1 aromatic heterocycles. The molecule has 0 saturated carbocycles. The molecule has 0 aliphatic heterocycles. The third-order valence-corrected chi connectivity index (χ3v) is 4.59. The molecule has 1 heterocycles. The molecule has 0 radical (unpaired) electrons. The molecular formula is C21H26N2O3S. The molecule has 0 fully saturated rings. The molecule has 27 heavy (non-hydrogen) atoms. The summed E-state index contributed by atoms with van der Waals surface area (Å²) in [5.41, 5.74) is 3.34. The smallest absolute Gasteiger partial charge is 0.284 e. The van der Waals surface area contributed by atoms with Gasteiger partial charge in [0.15, 0.2) is 0 Å². The Labute approximate surface area is 164 Å². The van der Waals surface area contributed by atoms with Crippen molar-refractivity contribution in [3.63, 3.8) is 0 Å². The summed E-state index contributed by atoms with van der Waals surface area (Å²) >= 11 is 1.27. The Hall–Kier alpha value is -2.70. The van der Waals surface area contributed by atoms with Gasteiger partial charge >= 0.3 is 0 Å². The zero-order valence-corrected chi connectivity index (χ0v) is 16.7. The summed E-state index contributed by atoms with van der Waals surface area (Å²) in [5, 5.41) is 12.4. The summed E-state index contributed by atoms with van der Waals surface area (Å²) in [5.74, 6) is -0.625. The first-order valence-corrected chi connectivity index (χ1v) is 9.61. The van der Waals surface area contributed by atoms with Crippen LogP contribution in [0.4, 0.5) is 5.69 Å². The SMILES string of the molecule is C=C/C=C(\C=C/C)CCC(=O)Nc1ccc2sc(C(=O)NO)cc2c1.CC. The van der Waals surface area contributed by atoms with Gasteiger partial charge in [0.1, 0.15) is 0 Å². The fraction of sp³-hybridized carbons (Fsp3) is 0.238. The minimum Gasteiger partial charge on any atom is -0.326 e. The summed E-state index contributed by atoms with van der Waals surface area (Å²) < 4.78 is 0.904.